The molecule has 0 unspecified atom stereocenters. The lowest BCUT2D eigenvalue weighted by Crippen LogP contribution is -2.12. The van der Waals surface area contributed by atoms with Gasteiger partial charge in [0.25, 0.3) is 0 Å². The largest absolute Gasteiger partial charge is 0.494 e. The third-order valence-corrected chi connectivity index (χ3v) is 9.41. The molecule has 0 atom stereocenters. The Labute approximate surface area is 364 Å². The van der Waals surface area contributed by atoms with E-state index in [2.05, 4.69) is 6.58 Å². The van der Waals surface area contributed by atoms with Gasteiger partial charge in [-0.15, -0.1) is 0 Å². The highest BCUT2D eigenvalue weighted by molar-refractivity contribution is 5.91. The third kappa shape index (κ3) is 18.9. The number of carbonyl (C=O) groups excluding carboxylic acids is 5. The molecule has 0 bridgehead atoms. The number of ether oxygens (including phenoxy) is 7. The summed E-state index contributed by atoms with van der Waals surface area (Å²) in [5, 5.41) is 0. The van der Waals surface area contributed by atoms with Crippen molar-refractivity contribution in [2.75, 3.05) is 39.6 Å². The van der Waals surface area contributed by atoms with Crippen LogP contribution in [0, 0.1) is 6.92 Å². The van der Waals surface area contributed by atoms with E-state index in [-0.39, 0.29) is 38.6 Å². The highest BCUT2D eigenvalue weighted by Crippen LogP contribution is 2.24. The second-order valence-corrected chi connectivity index (χ2v) is 14.7. The van der Waals surface area contributed by atoms with Gasteiger partial charge in [-0.05, 0) is 137 Å². The summed E-state index contributed by atoms with van der Waals surface area (Å²) in [7, 11) is 0. The van der Waals surface area contributed by atoms with Crippen molar-refractivity contribution in [3.8, 4) is 28.4 Å². The first kappa shape index (κ1) is 48.2. The molecule has 0 heterocycles. The van der Waals surface area contributed by atoms with Gasteiger partial charge in [-0.2, -0.15) is 0 Å². The van der Waals surface area contributed by atoms with Gasteiger partial charge in [-0.1, -0.05) is 48.5 Å². The molecule has 0 aliphatic carbocycles. The number of unbranched alkanes of at least 4 members (excludes halogenated alkanes) is 6. The van der Waals surface area contributed by atoms with E-state index in [1.165, 1.54) is 0 Å². The summed E-state index contributed by atoms with van der Waals surface area (Å²) in [5.41, 5.74) is 4.16. The van der Waals surface area contributed by atoms with Crippen LogP contribution >= 0.6 is 0 Å². The number of hydrogen-bond donors (Lipinski definition) is 0. The molecule has 0 spiro atoms. The van der Waals surface area contributed by atoms with Gasteiger partial charge in [0.05, 0.1) is 63.6 Å². The van der Waals surface area contributed by atoms with Gasteiger partial charge in [0.2, 0.25) is 0 Å². The van der Waals surface area contributed by atoms with Crippen LogP contribution in [0.1, 0.15) is 104 Å². The summed E-state index contributed by atoms with van der Waals surface area (Å²) >= 11 is 0. The fraction of sp³-hybridized carbons (Fsp3) is 0.380. The predicted octanol–water partition coefficient (Wildman–Crippen LogP) is 9.99. The lowest BCUT2D eigenvalue weighted by atomic mass is 10.0. The van der Waals surface area contributed by atoms with Crippen molar-refractivity contribution in [3.63, 3.8) is 0 Å². The van der Waals surface area contributed by atoms with Crippen LogP contribution in [-0.4, -0.2) is 69.5 Å². The minimum Gasteiger partial charge on any atom is -0.494 e. The third-order valence-electron chi connectivity index (χ3n) is 9.41. The van der Waals surface area contributed by atoms with E-state index in [4.69, 9.17) is 33.2 Å². The van der Waals surface area contributed by atoms with E-state index < -0.39 is 23.9 Å². The zero-order chi connectivity index (χ0) is 44.4. The maximum absolute atomic E-state index is 12.8. The smallest absolute Gasteiger partial charge is 0.343 e. The Kier molecular flexibility index (Phi) is 21.3. The normalized spacial score (nSPS) is 10.6. The van der Waals surface area contributed by atoms with Crippen LogP contribution < -0.4 is 14.2 Å². The van der Waals surface area contributed by atoms with Crippen LogP contribution in [0.2, 0.25) is 0 Å². The second kappa shape index (κ2) is 27.4. The molecule has 0 aliphatic heterocycles. The molecule has 0 fully saturated rings. The fourth-order valence-corrected chi connectivity index (χ4v) is 5.81. The number of rotatable bonds is 28. The van der Waals surface area contributed by atoms with Crippen molar-refractivity contribution >= 4 is 29.8 Å². The van der Waals surface area contributed by atoms with Gasteiger partial charge in [0.1, 0.15) is 17.2 Å². The molecule has 0 radical (unpaired) electrons. The van der Waals surface area contributed by atoms with Crippen LogP contribution in [0.5, 0.6) is 17.2 Å². The zero-order valence-electron chi connectivity index (χ0n) is 35.9. The lowest BCUT2D eigenvalue weighted by molar-refractivity contribution is -0.150. The summed E-state index contributed by atoms with van der Waals surface area (Å²) in [6, 6.07) is 28.7. The molecule has 4 aromatic carbocycles. The number of hydrogen-bond acceptors (Lipinski definition) is 12. The van der Waals surface area contributed by atoms with Crippen molar-refractivity contribution in [3.05, 3.63) is 126 Å². The Hall–Kier alpha value is -6.43. The van der Waals surface area contributed by atoms with E-state index in [9.17, 15) is 24.0 Å². The summed E-state index contributed by atoms with van der Waals surface area (Å²) < 4.78 is 37.9. The molecule has 62 heavy (non-hydrogen) atoms. The Morgan fingerprint density at radius 1 is 0.435 bits per heavy atom. The first-order valence-corrected chi connectivity index (χ1v) is 21.2. The summed E-state index contributed by atoms with van der Waals surface area (Å²) in [4.78, 5) is 60.6. The van der Waals surface area contributed by atoms with E-state index in [0.29, 0.717) is 67.3 Å². The van der Waals surface area contributed by atoms with Crippen LogP contribution in [0.15, 0.2) is 109 Å². The molecule has 0 saturated carbocycles. The molecule has 4 aromatic rings. The molecule has 4 rings (SSSR count). The molecule has 330 valence electrons. The first-order valence-electron chi connectivity index (χ1n) is 21.2. The van der Waals surface area contributed by atoms with Gasteiger partial charge in [0, 0.05) is 12.0 Å². The molecule has 12 heteroatoms. The van der Waals surface area contributed by atoms with Crippen molar-refractivity contribution in [2.45, 2.75) is 84.5 Å². The number of aryl methyl sites for hydroxylation is 1. The summed E-state index contributed by atoms with van der Waals surface area (Å²) in [6.45, 7) is 9.31. The number of esters is 5. The highest BCUT2D eigenvalue weighted by atomic mass is 16.6. The Bertz CT molecular complexity index is 2000. The van der Waals surface area contributed by atoms with Crippen LogP contribution in [0.25, 0.3) is 11.1 Å². The zero-order valence-corrected chi connectivity index (χ0v) is 35.9. The van der Waals surface area contributed by atoms with E-state index in [1.54, 1.807) is 55.5 Å². The minimum absolute atomic E-state index is 0.0302. The molecule has 0 amide bonds. The summed E-state index contributed by atoms with van der Waals surface area (Å²) in [6.07, 6.45) is 6.97. The number of carbonyl (C=O) groups is 5. The molecule has 0 aromatic heterocycles. The van der Waals surface area contributed by atoms with Crippen molar-refractivity contribution in [1.82, 2.24) is 0 Å². The Morgan fingerprint density at radius 2 is 0.839 bits per heavy atom. The quantitative estimate of drug-likeness (QED) is 0.0176. The van der Waals surface area contributed by atoms with E-state index in [1.807, 2.05) is 55.5 Å². The van der Waals surface area contributed by atoms with Gasteiger partial charge in [-0.3, -0.25) is 9.59 Å². The van der Waals surface area contributed by atoms with Gasteiger partial charge < -0.3 is 33.2 Å². The van der Waals surface area contributed by atoms with E-state index in [0.717, 1.165) is 61.0 Å². The minimum atomic E-state index is -0.485. The Morgan fingerprint density at radius 3 is 1.39 bits per heavy atom. The van der Waals surface area contributed by atoms with Crippen LogP contribution in [0.4, 0.5) is 0 Å². The molecular weight excluding hydrogens is 793 g/mol. The average Bonchev–Trinajstić information content (AvgIpc) is 3.28. The maximum atomic E-state index is 12.8. The topological polar surface area (TPSA) is 150 Å². The molecular formula is C50H58O12. The van der Waals surface area contributed by atoms with Gasteiger partial charge >= 0.3 is 29.8 Å². The van der Waals surface area contributed by atoms with Gasteiger partial charge in [0.15, 0.2) is 0 Å². The maximum Gasteiger partial charge on any atom is 0.343 e. The second-order valence-electron chi connectivity index (χ2n) is 14.7. The SMILES string of the molecule is C=C(C)C(=O)OCCCCCCOc1ccc(C(=O)Oc2ccc(-c3ccc(C(=O)OCCCCCCOC(=O)CCC(=O)OCCCOc4ccc(C)cc4)cc3)cc2)cc1. The molecule has 0 aliphatic rings. The van der Waals surface area contributed by atoms with E-state index >= 15 is 0 Å². The standard InChI is InChI=1S/C50H58O12/c1-37(2)48(53)60-33-10-6-4-8-31-56-44-25-21-42(22-26-44)50(55)62-45-27-19-40(20-28-45)39-15-17-41(18-16-39)49(54)61-34-11-7-5-9-32-58-46(51)29-30-47(52)59-36-12-35-57-43-23-13-38(3)14-24-43/h13-28H,1,4-12,29-36H2,2-3H3. The molecule has 0 N–H and O–H groups in total. The first-order chi connectivity index (χ1) is 30.1. The monoisotopic (exact) mass is 850 g/mol. The average molecular weight is 851 g/mol. The van der Waals surface area contributed by atoms with Crippen molar-refractivity contribution < 1.29 is 57.1 Å². The predicted molar refractivity (Wildman–Crippen MR) is 234 cm³/mol. The fourth-order valence-electron chi connectivity index (χ4n) is 5.81. The van der Waals surface area contributed by atoms with Crippen molar-refractivity contribution in [2.24, 2.45) is 0 Å². The van der Waals surface area contributed by atoms with Gasteiger partial charge in [-0.25, -0.2) is 14.4 Å². The highest BCUT2D eigenvalue weighted by Gasteiger charge is 2.12. The summed E-state index contributed by atoms with van der Waals surface area (Å²) in [5.74, 6) is -0.308. The molecule has 0 saturated heterocycles. The Balaban J connectivity index is 1.01. The number of benzene rings is 4. The van der Waals surface area contributed by atoms with Crippen molar-refractivity contribution in [1.29, 1.82) is 0 Å². The lowest BCUT2D eigenvalue weighted by Gasteiger charge is -2.09. The van der Waals surface area contributed by atoms with Crippen LogP contribution in [0.3, 0.4) is 0 Å². The molecule has 12 nitrogen and oxygen atoms in total. The van der Waals surface area contributed by atoms with Crippen LogP contribution in [-0.2, 0) is 33.3 Å².